The number of aryl methyl sites for hydroxylation is 1. The second-order valence-electron chi connectivity index (χ2n) is 6.45. The van der Waals surface area contributed by atoms with E-state index in [1.165, 1.54) is 0 Å². The molecule has 1 aromatic carbocycles. The molecule has 3 rings (SSSR count). The first-order chi connectivity index (χ1) is 12.0. The van der Waals surface area contributed by atoms with E-state index < -0.39 is 5.91 Å². The standard InChI is InChI=1S/C19H23N3O3/c1-13-4-2-6-15(10-13)25-12-17(23)22-9-3-5-14(11-22)18-16(19(20)24)7-8-21-18/h2,4,6-8,10,14,21H,3,5,9,11-12H2,1H3,(H2,20,24). The summed E-state index contributed by atoms with van der Waals surface area (Å²) in [4.78, 5) is 28.9. The van der Waals surface area contributed by atoms with E-state index in [0.29, 0.717) is 24.4 Å². The molecule has 0 spiro atoms. The van der Waals surface area contributed by atoms with Crippen LogP contribution in [0.2, 0.25) is 0 Å². The van der Waals surface area contributed by atoms with Crippen LogP contribution in [0.4, 0.5) is 0 Å². The lowest BCUT2D eigenvalue weighted by molar-refractivity contribution is -0.134. The predicted molar refractivity (Wildman–Crippen MR) is 94.5 cm³/mol. The minimum absolute atomic E-state index is 0.0174. The van der Waals surface area contributed by atoms with E-state index in [4.69, 9.17) is 10.5 Å². The number of nitrogens with one attached hydrogen (secondary N) is 1. The van der Waals surface area contributed by atoms with Gasteiger partial charge in [-0.1, -0.05) is 12.1 Å². The molecule has 2 amide bonds. The van der Waals surface area contributed by atoms with Crippen LogP contribution in [0.5, 0.6) is 5.75 Å². The zero-order valence-electron chi connectivity index (χ0n) is 14.3. The third kappa shape index (κ3) is 4.02. The number of nitrogens with two attached hydrogens (primary N) is 1. The fourth-order valence-corrected chi connectivity index (χ4v) is 3.32. The van der Waals surface area contributed by atoms with Gasteiger partial charge in [0.05, 0.1) is 5.56 Å². The van der Waals surface area contributed by atoms with Crippen molar-refractivity contribution in [3.63, 3.8) is 0 Å². The number of likely N-dealkylation sites (tertiary alicyclic amines) is 1. The zero-order valence-corrected chi connectivity index (χ0v) is 14.3. The molecule has 6 nitrogen and oxygen atoms in total. The molecule has 1 aromatic heterocycles. The van der Waals surface area contributed by atoms with Gasteiger partial charge in [-0.3, -0.25) is 9.59 Å². The SMILES string of the molecule is Cc1cccc(OCC(=O)N2CCCC(c3[nH]ccc3C(N)=O)C2)c1. The summed E-state index contributed by atoms with van der Waals surface area (Å²) in [5.74, 6) is 0.303. The Bertz CT molecular complexity index is 769. The van der Waals surface area contributed by atoms with Crippen molar-refractivity contribution in [1.29, 1.82) is 0 Å². The Labute approximate surface area is 147 Å². The number of piperidine rings is 1. The number of hydrogen-bond acceptors (Lipinski definition) is 3. The predicted octanol–water partition coefficient (Wildman–Crippen LogP) is 2.21. The van der Waals surface area contributed by atoms with Gasteiger partial charge in [-0.2, -0.15) is 0 Å². The first-order valence-corrected chi connectivity index (χ1v) is 8.49. The van der Waals surface area contributed by atoms with E-state index in [-0.39, 0.29) is 18.4 Å². The van der Waals surface area contributed by atoms with Gasteiger partial charge in [0.2, 0.25) is 0 Å². The average molecular weight is 341 g/mol. The molecule has 6 heteroatoms. The number of aromatic nitrogens is 1. The van der Waals surface area contributed by atoms with Crippen molar-refractivity contribution in [2.45, 2.75) is 25.7 Å². The maximum Gasteiger partial charge on any atom is 0.260 e. The van der Waals surface area contributed by atoms with E-state index in [1.54, 1.807) is 17.2 Å². The van der Waals surface area contributed by atoms with Crippen LogP contribution in [0.15, 0.2) is 36.5 Å². The van der Waals surface area contributed by atoms with Gasteiger partial charge in [0.25, 0.3) is 11.8 Å². The molecule has 0 saturated carbocycles. The molecular weight excluding hydrogens is 318 g/mol. The molecule has 1 aliphatic heterocycles. The van der Waals surface area contributed by atoms with Gasteiger partial charge in [-0.05, 0) is 43.5 Å². The highest BCUT2D eigenvalue weighted by atomic mass is 16.5. The van der Waals surface area contributed by atoms with Crippen molar-refractivity contribution < 1.29 is 14.3 Å². The summed E-state index contributed by atoms with van der Waals surface area (Å²) < 4.78 is 5.62. The summed E-state index contributed by atoms with van der Waals surface area (Å²) in [5.41, 5.74) is 7.85. The molecule has 0 aliphatic carbocycles. The first-order valence-electron chi connectivity index (χ1n) is 8.49. The van der Waals surface area contributed by atoms with Gasteiger partial charge in [0, 0.05) is 30.9 Å². The van der Waals surface area contributed by atoms with Crippen molar-refractivity contribution in [3.8, 4) is 5.75 Å². The fourth-order valence-electron chi connectivity index (χ4n) is 3.32. The van der Waals surface area contributed by atoms with Gasteiger partial charge < -0.3 is 20.4 Å². The first kappa shape index (κ1) is 17.1. The minimum Gasteiger partial charge on any atom is -0.484 e. The molecule has 1 atom stereocenters. The van der Waals surface area contributed by atoms with Crippen LogP contribution in [0.25, 0.3) is 0 Å². The number of amides is 2. The summed E-state index contributed by atoms with van der Waals surface area (Å²) in [5, 5.41) is 0. The number of rotatable bonds is 5. The number of nitrogens with zero attached hydrogens (tertiary/aromatic N) is 1. The summed E-state index contributed by atoms with van der Waals surface area (Å²) >= 11 is 0. The lowest BCUT2D eigenvalue weighted by Crippen LogP contribution is -2.42. The van der Waals surface area contributed by atoms with Gasteiger partial charge in [-0.15, -0.1) is 0 Å². The molecule has 0 bridgehead atoms. The highest BCUT2D eigenvalue weighted by Crippen LogP contribution is 2.28. The second kappa shape index (κ2) is 7.42. The average Bonchev–Trinajstić information content (AvgIpc) is 3.10. The third-order valence-corrected chi connectivity index (χ3v) is 4.58. The highest BCUT2D eigenvalue weighted by Gasteiger charge is 2.28. The number of benzene rings is 1. The summed E-state index contributed by atoms with van der Waals surface area (Å²) in [6, 6.07) is 9.33. The molecule has 1 unspecified atom stereocenters. The number of aromatic amines is 1. The van der Waals surface area contributed by atoms with Crippen molar-refractivity contribution >= 4 is 11.8 Å². The molecule has 0 radical (unpaired) electrons. The van der Waals surface area contributed by atoms with Gasteiger partial charge >= 0.3 is 0 Å². The second-order valence-corrected chi connectivity index (χ2v) is 6.45. The fraction of sp³-hybridized carbons (Fsp3) is 0.368. The molecule has 3 N–H and O–H groups in total. The van der Waals surface area contributed by atoms with Crippen LogP contribution >= 0.6 is 0 Å². The number of H-pyrrole nitrogens is 1. The van der Waals surface area contributed by atoms with Crippen LogP contribution in [-0.4, -0.2) is 41.4 Å². The van der Waals surface area contributed by atoms with E-state index in [1.807, 2.05) is 31.2 Å². The number of hydrogen-bond donors (Lipinski definition) is 2. The Hall–Kier alpha value is -2.76. The largest absolute Gasteiger partial charge is 0.484 e. The Morgan fingerprint density at radius 2 is 2.20 bits per heavy atom. The van der Waals surface area contributed by atoms with E-state index in [2.05, 4.69) is 4.98 Å². The number of carbonyl (C=O) groups is 2. The van der Waals surface area contributed by atoms with Crippen molar-refractivity contribution in [1.82, 2.24) is 9.88 Å². The van der Waals surface area contributed by atoms with Crippen LogP contribution in [0.3, 0.4) is 0 Å². The van der Waals surface area contributed by atoms with E-state index >= 15 is 0 Å². The lowest BCUT2D eigenvalue weighted by Gasteiger charge is -2.32. The van der Waals surface area contributed by atoms with Crippen LogP contribution in [0, 0.1) is 6.92 Å². The molecule has 25 heavy (non-hydrogen) atoms. The maximum absolute atomic E-state index is 12.5. The Kier molecular flexibility index (Phi) is 5.07. The molecule has 132 valence electrons. The minimum atomic E-state index is -0.442. The molecule has 2 aromatic rings. The van der Waals surface area contributed by atoms with Crippen molar-refractivity contribution in [2.24, 2.45) is 5.73 Å². The van der Waals surface area contributed by atoms with E-state index in [9.17, 15) is 9.59 Å². The normalized spacial score (nSPS) is 17.3. The Morgan fingerprint density at radius 3 is 2.96 bits per heavy atom. The monoisotopic (exact) mass is 341 g/mol. The maximum atomic E-state index is 12.5. The third-order valence-electron chi connectivity index (χ3n) is 4.58. The summed E-state index contributed by atoms with van der Waals surface area (Å²) in [6.45, 7) is 3.27. The molecule has 1 saturated heterocycles. The summed E-state index contributed by atoms with van der Waals surface area (Å²) in [6.07, 6.45) is 3.53. The van der Waals surface area contributed by atoms with Crippen LogP contribution in [0.1, 0.15) is 40.4 Å². The zero-order chi connectivity index (χ0) is 17.8. The quantitative estimate of drug-likeness (QED) is 0.874. The number of ether oxygens (including phenoxy) is 1. The molecule has 1 fully saturated rings. The van der Waals surface area contributed by atoms with Crippen LogP contribution in [-0.2, 0) is 4.79 Å². The lowest BCUT2D eigenvalue weighted by atomic mass is 9.92. The molecule has 1 aliphatic rings. The van der Waals surface area contributed by atoms with Crippen LogP contribution < -0.4 is 10.5 Å². The number of carbonyl (C=O) groups excluding carboxylic acids is 2. The van der Waals surface area contributed by atoms with Crippen molar-refractivity contribution in [3.05, 3.63) is 53.3 Å². The van der Waals surface area contributed by atoms with E-state index in [0.717, 1.165) is 24.1 Å². The summed E-state index contributed by atoms with van der Waals surface area (Å²) in [7, 11) is 0. The number of primary amides is 1. The van der Waals surface area contributed by atoms with Gasteiger partial charge in [-0.25, -0.2) is 0 Å². The topological polar surface area (TPSA) is 88.4 Å². The van der Waals surface area contributed by atoms with Crippen molar-refractivity contribution in [2.75, 3.05) is 19.7 Å². The molecular formula is C19H23N3O3. The highest BCUT2D eigenvalue weighted by molar-refractivity contribution is 5.94. The van der Waals surface area contributed by atoms with Gasteiger partial charge in [0.15, 0.2) is 6.61 Å². The smallest absolute Gasteiger partial charge is 0.260 e. The molecule has 2 heterocycles. The van der Waals surface area contributed by atoms with Gasteiger partial charge in [0.1, 0.15) is 5.75 Å². The Morgan fingerprint density at radius 1 is 1.36 bits per heavy atom. The Balaban J connectivity index is 1.61.